The number of carbonyl (C=O) groups is 1. The fourth-order valence-corrected chi connectivity index (χ4v) is 5.79. The predicted octanol–water partition coefficient (Wildman–Crippen LogP) is 3.88. The van der Waals surface area contributed by atoms with Gasteiger partial charge in [-0.15, -0.1) is 0 Å². The lowest BCUT2D eigenvalue weighted by molar-refractivity contribution is -0.136. The third-order valence-electron chi connectivity index (χ3n) is 6.64. The fraction of sp³-hybridized carbons (Fsp3) is 0.440. The van der Waals surface area contributed by atoms with Crippen molar-refractivity contribution in [1.29, 1.82) is 0 Å². The van der Waals surface area contributed by atoms with Crippen LogP contribution >= 0.6 is 11.3 Å². The van der Waals surface area contributed by atoms with Crippen LogP contribution in [0.4, 0.5) is 10.8 Å². The van der Waals surface area contributed by atoms with Gasteiger partial charge < -0.3 is 24.2 Å². The first kappa shape index (κ1) is 21.8. The summed E-state index contributed by atoms with van der Waals surface area (Å²) in [7, 11) is 3.37. The van der Waals surface area contributed by atoms with Crippen molar-refractivity contribution in [1.82, 2.24) is 9.88 Å². The number of nitrogens with zero attached hydrogens (tertiary/aromatic N) is 4. The van der Waals surface area contributed by atoms with E-state index in [0.717, 1.165) is 84.6 Å². The molecule has 1 unspecified atom stereocenters. The van der Waals surface area contributed by atoms with Crippen LogP contribution < -0.4 is 19.3 Å². The first-order valence-corrected chi connectivity index (χ1v) is 12.3. The van der Waals surface area contributed by atoms with E-state index in [1.165, 1.54) is 0 Å². The van der Waals surface area contributed by atoms with Gasteiger partial charge in [0.25, 0.3) is 0 Å². The van der Waals surface area contributed by atoms with Gasteiger partial charge in [0.15, 0.2) is 5.13 Å². The van der Waals surface area contributed by atoms with E-state index < -0.39 is 0 Å². The van der Waals surface area contributed by atoms with Crippen LogP contribution in [0.15, 0.2) is 42.5 Å². The van der Waals surface area contributed by atoms with E-state index in [9.17, 15) is 4.79 Å². The van der Waals surface area contributed by atoms with E-state index in [1.54, 1.807) is 25.6 Å². The van der Waals surface area contributed by atoms with Gasteiger partial charge in [-0.05, 0) is 43.2 Å². The molecular weight excluding hydrogens is 436 g/mol. The van der Waals surface area contributed by atoms with Crippen molar-refractivity contribution in [3.63, 3.8) is 0 Å². The standard InChI is InChI=1S/C25H30N4O3S/c1-31-20-7-3-6-19(15-20)27-11-13-28(14-12-27)24(30)18-5-4-10-29(17-18)25-26-22-9-8-21(32-2)16-23(22)33-25/h3,6-9,15-16,18H,4-5,10-14,17H2,1-2H3. The van der Waals surface area contributed by atoms with Crippen molar-refractivity contribution in [2.24, 2.45) is 5.92 Å². The average Bonchev–Trinajstić information content (AvgIpc) is 3.32. The Balaban J connectivity index is 1.21. The third kappa shape index (κ3) is 4.57. The molecule has 7 nitrogen and oxygen atoms in total. The van der Waals surface area contributed by atoms with Gasteiger partial charge in [-0.25, -0.2) is 4.98 Å². The van der Waals surface area contributed by atoms with E-state index in [2.05, 4.69) is 21.9 Å². The van der Waals surface area contributed by atoms with Crippen LogP contribution in [0, 0.1) is 5.92 Å². The van der Waals surface area contributed by atoms with Gasteiger partial charge >= 0.3 is 0 Å². The summed E-state index contributed by atoms with van der Waals surface area (Å²) in [4.78, 5) is 24.8. The molecule has 0 saturated carbocycles. The highest BCUT2D eigenvalue weighted by molar-refractivity contribution is 7.22. The SMILES string of the molecule is COc1cccc(N2CCN(C(=O)C3CCCN(c4nc5ccc(OC)cc5s4)C3)CC2)c1. The maximum Gasteiger partial charge on any atom is 0.227 e. The van der Waals surface area contributed by atoms with E-state index in [0.29, 0.717) is 0 Å². The molecule has 3 aromatic rings. The minimum Gasteiger partial charge on any atom is -0.497 e. The second-order valence-corrected chi connectivity index (χ2v) is 9.64. The number of ether oxygens (including phenoxy) is 2. The normalized spacial score (nSPS) is 19.1. The highest BCUT2D eigenvalue weighted by Crippen LogP contribution is 2.34. The molecule has 2 aliphatic heterocycles. The molecule has 2 saturated heterocycles. The number of piperazine rings is 1. The number of carbonyl (C=O) groups excluding carboxylic acids is 1. The Morgan fingerprint density at radius 1 is 0.970 bits per heavy atom. The molecule has 1 atom stereocenters. The fourth-order valence-electron chi connectivity index (χ4n) is 4.76. The highest BCUT2D eigenvalue weighted by Gasteiger charge is 2.32. The zero-order chi connectivity index (χ0) is 22.8. The number of hydrogen-bond acceptors (Lipinski definition) is 7. The number of fused-ring (bicyclic) bond motifs is 1. The topological polar surface area (TPSA) is 58.1 Å². The van der Waals surface area contributed by atoms with E-state index >= 15 is 0 Å². The van der Waals surface area contributed by atoms with Gasteiger partial charge in [0.1, 0.15) is 11.5 Å². The largest absolute Gasteiger partial charge is 0.497 e. The molecule has 0 bridgehead atoms. The average molecular weight is 467 g/mol. The van der Waals surface area contributed by atoms with Crippen molar-refractivity contribution in [2.75, 3.05) is 63.3 Å². The molecule has 174 valence electrons. The molecule has 0 radical (unpaired) electrons. The van der Waals surface area contributed by atoms with Gasteiger partial charge in [0, 0.05) is 51.0 Å². The Morgan fingerprint density at radius 2 is 1.76 bits per heavy atom. The lowest BCUT2D eigenvalue weighted by atomic mass is 9.96. The van der Waals surface area contributed by atoms with Gasteiger partial charge in [-0.1, -0.05) is 17.4 Å². The summed E-state index contributed by atoms with van der Waals surface area (Å²) in [6.07, 6.45) is 1.96. The minimum atomic E-state index is 0.0312. The summed E-state index contributed by atoms with van der Waals surface area (Å²) < 4.78 is 11.8. The summed E-state index contributed by atoms with van der Waals surface area (Å²) >= 11 is 1.68. The number of anilines is 2. The zero-order valence-corrected chi connectivity index (χ0v) is 20.0. The van der Waals surface area contributed by atoms with Gasteiger partial charge in [0.05, 0.1) is 30.4 Å². The second kappa shape index (κ2) is 9.47. The van der Waals surface area contributed by atoms with E-state index in [4.69, 9.17) is 14.5 Å². The summed E-state index contributed by atoms with van der Waals surface area (Å²) in [5.74, 6) is 2.02. The molecule has 5 rings (SSSR count). The van der Waals surface area contributed by atoms with Crippen molar-refractivity contribution in [3.8, 4) is 11.5 Å². The number of thiazole rings is 1. The molecule has 2 fully saturated rings. The van der Waals surface area contributed by atoms with Crippen LogP contribution in [0.1, 0.15) is 12.8 Å². The molecule has 8 heteroatoms. The molecule has 33 heavy (non-hydrogen) atoms. The van der Waals surface area contributed by atoms with E-state index in [-0.39, 0.29) is 11.8 Å². The number of amides is 1. The van der Waals surface area contributed by atoms with Crippen LogP contribution in [-0.2, 0) is 4.79 Å². The van der Waals surface area contributed by atoms with E-state index in [1.807, 2.05) is 35.2 Å². The molecule has 3 heterocycles. The monoisotopic (exact) mass is 466 g/mol. The highest BCUT2D eigenvalue weighted by atomic mass is 32.1. The van der Waals surface area contributed by atoms with Crippen molar-refractivity contribution in [3.05, 3.63) is 42.5 Å². The molecule has 2 aromatic carbocycles. The lowest BCUT2D eigenvalue weighted by Crippen LogP contribution is -2.52. The molecular formula is C25H30N4O3S. The van der Waals surface area contributed by atoms with Crippen LogP contribution in [0.2, 0.25) is 0 Å². The number of aromatic nitrogens is 1. The second-order valence-electron chi connectivity index (χ2n) is 8.63. The van der Waals surface area contributed by atoms with Gasteiger partial charge in [-0.3, -0.25) is 4.79 Å². The summed E-state index contributed by atoms with van der Waals surface area (Å²) in [6, 6.07) is 14.1. The maximum absolute atomic E-state index is 13.4. The predicted molar refractivity (Wildman–Crippen MR) is 133 cm³/mol. The van der Waals surface area contributed by atoms with Gasteiger partial charge in [-0.2, -0.15) is 0 Å². The number of methoxy groups -OCH3 is 2. The molecule has 0 spiro atoms. The quantitative estimate of drug-likeness (QED) is 0.569. The third-order valence-corrected chi connectivity index (χ3v) is 7.71. The Morgan fingerprint density at radius 3 is 2.55 bits per heavy atom. The number of benzene rings is 2. The van der Waals surface area contributed by atoms with Crippen LogP contribution in [0.25, 0.3) is 10.2 Å². The van der Waals surface area contributed by atoms with Crippen molar-refractivity contribution in [2.45, 2.75) is 12.8 Å². The van der Waals surface area contributed by atoms with Crippen LogP contribution in [0.3, 0.4) is 0 Å². The molecule has 1 amide bonds. The Labute approximate surface area is 198 Å². The zero-order valence-electron chi connectivity index (χ0n) is 19.2. The van der Waals surface area contributed by atoms with Gasteiger partial charge in [0.2, 0.25) is 5.91 Å². The Kier molecular flexibility index (Phi) is 6.26. The molecule has 0 aliphatic carbocycles. The molecule has 1 aromatic heterocycles. The minimum absolute atomic E-state index is 0.0312. The summed E-state index contributed by atoms with van der Waals surface area (Å²) in [6.45, 7) is 4.89. The lowest BCUT2D eigenvalue weighted by Gasteiger charge is -2.39. The number of piperidine rings is 1. The van der Waals surface area contributed by atoms with Crippen molar-refractivity contribution < 1.29 is 14.3 Å². The number of hydrogen-bond donors (Lipinski definition) is 0. The van der Waals surface area contributed by atoms with Crippen LogP contribution in [-0.4, -0.2) is 69.3 Å². The van der Waals surface area contributed by atoms with Crippen molar-refractivity contribution >= 4 is 38.3 Å². The summed E-state index contributed by atoms with van der Waals surface area (Å²) in [5, 5.41) is 0.999. The number of rotatable bonds is 5. The Hall–Kier alpha value is -3.00. The first-order chi connectivity index (χ1) is 16.1. The first-order valence-electron chi connectivity index (χ1n) is 11.5. The maximum atomic E-state index is 13.4. The summed E-state index contributed by atoms with van der Waals surface area (Å²) in [5.41, 5.74) is 2.13. The molecule has 2 aliphatic rings. The van der Waals surface area contributed by atoms with Crippen LogP contribution in [0.5, 0.6) is 11.5 Å². The molecule has 0 N–H and O–H groups in total. The smallest absolute Gasteiger partial charge is 0.227 e. The Bertz CT molecular complexity index is 1130.